The summed E-state index contributed by atoms with van der Waals surface area (Å²) in [5.74, 6) is 0.665. The summed E-state index contributed by atoms with van der Waals surface area (Å²) >= 11 is 3.58. The fourth-order valence-electron chi connectivity index (χ4n) is 2.13. The van der Waals surface area contributed by atoms with Gasteiger partial charge in [-0.15, -0.1) is 0 Å². The second-order valence-corrected chi connectivity index (χ2v) is 5.27. The van der Waals surface area contributed by atoms with Crippen molar-refractivity contribution in [2.45, 2.75) is 26.3 Å². The molecular formula is C15H19BrN2. The predicted octanol–water partition coefficient (Wildman–Crippen LogP) is 4.36. The zero-order valence-electron chi connectivity index (χ0n) is 10.7. The first-order chi connectivity index (χ1) is 8.83. The van der Waals surface area contributed by atoms with Crippen LogP contribution in [0.2, 0.25) is 0 Å². The Balaban J connectivity index is 2.06. The van der Waals surface area contributed by atoms with E-state index >= 15 is 0 Å². The highest BCUT2D eigenvalue weighted by atomic mass is 79.9. The standard InChI is InChI=1S/C15H19BrN2/c1-2-6-13(9-16)11-18-12-15(10-17-18)14-7-4-3-5-8-14/h3-5,7-8,10,12-13H,2,6,9,11H2,1H3. The van der Waals surface area contributed by atoms with E-state index in [-0.39, 0.29) is 0 Å². The molecular weight excluding hydrogens is 288 g/mol. The second-order valence-electron chi connectivity index (χ2n) is 4.63. The molecule has 2 aromatic rings. The van der Waals surface area contributed by atoms with Crippen LogP contribution in [-0.4, -0.2) is 15.1 Å². The topological polar surface area (TPSA) is 17.8 Å². The van der Waals surface area contributed by atoms with Gasteiger partial charge in [0.25, 0.3) is 0 Å². The molecule has 2 nitrogen and oxygen atoms in total. The number of hydrogen-bond acceptors (Lipinski definition) is 1. The third-order valence-corrected chi connectivity index (χ3v) is 4.02. The van der Waals surface area contributed by atoms with E-state index in [4.69, 9.17) is 0 Å². The van der Waals surface area contributed by atoms with Gasteiger partial charge in [-0.3, -0.25) is 4.68 Å². The Hall–Kier alpha value is -1.09. The number of benzene rings is 1. The Bertz CT molecular complexity index is 464. The van der Waals surface area contributed by atoms with Gasteiger partial charge in [0.1, 0.15) is 0 Å². The predicted molar refractivity (Wildman–Crippen MR) is 79.9 cm³/mol. The number of aromatic nitrogens is 2. The van der Waals surface area contributed by atoms with E-state index in [1.807, 2.05) is 12.3 Å². The molecule has 2 rings (SSSR count). The summed E-state index contributed by atoms with van der Waals surface area (Å²) in [4.78, 5) is 0. The number of nitrogens with zero attached hydrogens (tertiary/aromatic N) is 2. The highest BCUT2D eigenvalue weighted by Gasteiger charge is 2.08. The third-order valence-electron chi connectivity index (χ3n) is 3.10. The summed E-state index contributed by atoms with van der Waals surface area (Å²) in [7, 11) is 0. The van der Waals surface area contributed by atoms with Crippen LogP contribution in [-0.2, 0) is 6.54 Å². The minimum atomic E-state index is 0.665. The normalized spacial score (nSPS) is 12.6. The molecule has 0 aliphatic carbocycles. The molecule has 1 aromatic carbocycles. The summed E-state index contributed by atoms with van der Waals surface area (Å²) in [6, 6.07) is 10.4. The van der Waals surface area contributed by atoms with Crippen LogP contribution in [0.1, 0.15) is 19.8 Å². The van der Waals surface area contributed by atoms with Crippen molar-refractivity contribution in [3.8, 4) is 11.1 Å². The molecule has 0 spiro atoms. The largest absolute Gasteiger partial charge is 0.272 e. The van der Waals surface area contributed by atoms with Crippen LogP contribution in [0, 0.1) is 5.92 Å². The van der Waals surface area contributed by atoms with Gasteiger partial charge < -0.3 is 0 Å². The quantitative estimate of drug-likeness (QED) is 0.725. The van der Waals surface area contributed by atoms with E-state index in [1.54, 1.807) is 0 Å². The number of hydrogen-bond donors (Lipinski definition) is 0. The van der Waals surface area contributed by atoms with Crippen LogP contribution < -0.4 is 0 Å². The first kappa shape index (κ1) is 13.3. The van der Waals surface area contributed by atoms with Crippen LogP contribution in [0.3, 0.4) is 0 Å². The molecule has 18 heavy (non-hydrogen) atoms. The summed E-state index contributed by atoms with van der Waals surface area (Å²) in [5.41, 5.74) is 2.43. The van der Waals surface area contributed by atoms with E-state index in [0.29, 0.717) is 5.92 Å². The Morgan fingerprint density at radius 3 is 2.67 bits per heavy atom. The molecule has 0 N–H and O–H groups in total. The smallest absolute Gasteiger partial charge is 0.0568 e. The molecule has 3 heteroatoms. The molecule has 96 valence electrons. The van der Waals surface area contributed by atoms with Gasteiger partial charge in [-0.1, -0.05) is 59.6 Å². The van der Waals surface area contributed by atoms with Crippen molar-refractivity contribution in [1.82, 2.24) is 9.78 Å². The average Bonchev–Trinajstić information content (AvgIpc) is 2.88. The molecule has 1 heterocycles. The minimum Gasteiger partial charge on any atom is -0.272 e. The van der Waals surface area contributed by atoms with Crippen molar-refractivity contribution < 1.29 is 0 Å². The van der Waals surface area contributed by atoms with Crippen molar-refractivity contribution in [1.29, 1.82) is 0 Å². The summed E-state index contributed by atoms with van der Waals surface area (Å²) in [6.07, 6.45) is 6.56. The molecule has 0 fully saturated rings. The molecule has 1 unspecified atom stereocenters. The lowest BCUT2D eigenvalue weighted by Crippen LogP contribution is -2.12. The Kier molecular flexibility index (Phi) is 5.00. The Morgan fingerprint density at radius 1 is 1.22 bits per heavy atom. The van der Waals surface area contributed by atoms with Gasteiger partial charge in [-0.25, -0.2) is 0 Å². The zero-order chi connectivity index (χ0) is 12.8. The number of rotatable bonds is 6. The summed E-state index contributed by atoms with van der Waals surface area (Å²) in [5, 5.41) is 5.50. The molecule has 0 saturated heterocycles. The Labute approximate surface area is 117 Å². The van der Waals surface area contributed by atoms with E-state index in [1.165, 1.54) is 24.0 Å². The monoisotopic (exact) mass is 306 g/mol. The van der Waals surface area contributed by atoms with E-state index in [9.17, 15) is 0 Å². The zero-order valence-corrected chi connectivity index (χ0v) is 12.3. The second kappa shape index (κ2) is 6.74. The van der Waals surface area contributed by atoms with Gasteiger partial charge >= 0.3 is 0 Å². The lowest BCUT2D eigenvalue weighted by Gasteiger charge is -2.12. The first-order valence-electron chi connectivity index (χ1n) is 6.47. The van der Waals surface area contributed by atoms with Gasteiger partial charge in [0, 0.05) is 23.6 Å². The van der Waals surface area contributed by atoms with Crippen LogP contribution in [0.4, 0.5) is 0 Å². The first-order valence-corrected chi connectivity index (χ1v) is 7.59. The maximum absolute atomic E-state index is 4.46. The van der Waals surface area contributed by atoms with Crippen molar-refractivity contribution >= 4 is 15.9 Å². The molecule has 0 radical (unpaired) electrons. The molecule has 0 aliphatic heterocycles. The fourth-order valence-corrected chi connectivity index (χ4v) is 2.66. The highest BCUT2D eigenvalue weighted by Crippen LogP contribution is 2.19. The van der Waals surface area contributed by atoms with Crippen molar-refractivity contribution in [2.75, 3.05) is 5.33 Å². The lowest BCUT2D eigenvalue weighted by atomic mass is 10.1. The molecule has 0 bridgehead atoms. The van der Waals surface area contributed by atoms with Crippen LogP contribution in [0.25, 0.3) is 11.1 Å². The van der Waals surface area contributed by atoms with Crippen molar-refractivity contribution in [3.63, 3.8) is 0 Å². The fraction of sp³-hybridized carbons (Fsp3) is 0.400. The van der Waals surface area contributed by atoms with Gasteiger partial charge in [-0.05, 0) is 17.9 Å². The van der Waals surface area contributed by atoms with E-state index < -0.39 is 0 Å². The van der Waals surface area contributed by atoms with E-state index in [0.717, 1.165) is 11.9 Å². The van der Waals surface area contributed by atoms with Gasteiger partial charge in [0.2, 0.25) is 0 Å². The number of alkyl halides is 1. The van der Waals surface area contributed by atoms with Gasteiger partial charge in [0.15, 0.2) is 0 Å². The van der Waals surface area contributed by atoms with Crippen molar-refractivity contribution in [2.24, 2.45) is 5.92 Å². The third kappa shape index (κ3) is 3.45. The number of halogens is 1. The van der Waals surface area contributed by atoms with Crippen LogP contribution in [0.15, 0.2) is 42.7 Å². The maximum Gasteiger partial charge on any atom is 0.0568 e. The van der Waals surface area contributed by atoms with Crippen LogP contribution in [0.5, 0.6) is 0 Å². The molecule has 0 saturated carbocycles. The molecule has 1 atom stereocenters. The van der Waals surface area contributed by atoms with Crippen LogP contribution >= 0.6 is 15.9 Å². The maximum atomic E-state index is 4.46. The van der Waals surface area contributed by atoms with Gasteiger partial charge in [-0.2, -0.15) is 5.10 Å². The van der Waals surface area contributed by atoms with Gasteiger partial charge in [0.05, 0.1) is 6.20 Å². The average molecular weight is 307 g/mol. The highest BCUT2D eigenvalue weighted by molar-refractivity contribution is 9.09. The lowest BCUT2D eigenvalue weighted by molar-refractivity contribution is 0.429. The summed E-state index contributed by atoms with van der Waals surface area (Å²) < 4.78 is 2.06. The molecule has 1 aromatic heterocycles. The Morgan fingerprint density at radius 2 is 2.00 bits per heavy atom. The summed E-state index contributed by atoms with van der Waals surface area (Å²) in [6.45, 7) is 3.22. The SMILES string of the molecule is CCCC(CBr)Cn1cc(-c2ccccc2)cn1. The molecule has 0 amide bonds. The minimum absolute atomic E-state index is 0.665. The van der Waals surface area contributed by atoms with Crippen molar-refractivity contribution in [3.05, 3.63) is 42.7 Å². The molecule has 0 aliphatic rings. The van der Waals surface area contributed by atoms with E-state index in [2.05, 4.69) is 63.1 Å².